The second-order valence-electron chi connectivity index (χ2n) is 5.52. The minimum Gasteiger partial charge on any atom is -0.434 e. The summed E-state index contributed by atoms with van der Waals surface area (Å²) in [6, 6.07) is 20.0. The van der Waals surface area contributed by atoms with Crippen LogP contribution in [0.2, 0.25) is 0 Å². The van der Waals surface area contributed by atoms with Gasteiger partial charge in [0.15, 0.2) is 0 Å². The molecule has 0 aliphatic rings. The van der Waals surface area contributed by atoms with E-state index in [1.54, 1.807) is 12.1 Å². The van der Waals surface area contributed by atoms with Gasteiger partial charge in [-0.25, -0.2) is 0 Å². The molecule has 1 amide bonds. The van der Waals surface area contributed by atoms with Crippen molar-refractivity contribution in [1.82, 2.24) is 5.32 Å². The van der Waals surface area contributed by atoms with Crippen molar-refractivity contribution in [1.29, 1.82) is 0 Å². The van der Waals surface area contributed by atoms with E-state index >= 15 is 0 Å². The minimum absolute atomic E-state index is 0.0979. The molecule has 0 radical (unpaired) electrons. The zero-order valence-electron chi connectivity index (χ0n) is 13.4. The van der Waals surface area contributed by atoms with Gasteiger partial charge in [0.25, 0.3) is 5.91 Å². The van der Waals surface area contributed by atoms with E-state index in [-0.39, 0.29) is 11.3 Å². The van der Waals surface area contributed by atoms with Gasteiger partial charge in [-0.05, 0) is 34.9 Å². The summed E-state index contributed by atoms with van der Waals surface area (Å²) in [5.74, 6) is -0.559. The van der Waals surface area contributed by atoms with Crippen LogP contribution in [0.4, 0.5) is 8.78 Å². The van der Waals surface area contributed by atoms with E-state index in [4.69, 9.17) is 0 Å². The highest BCUT2D eigenvalue weighted by Crippen LogP contribution is 2.21. The fourth-order valence-electron chi connectivity index (χ4n) is 2.77. The molecule has 0 atom stereocenters. The molecular formula is C20H17F2NO2. The highest BCUT2D eigenvalue weighted by Gasteiger charge is 2.14. The number of ether oxygens (including phenoxy) is 1. The van der Waals surface area contributed by atoms with Crippen LogP contribution in [0, 0.1) is 0 Å². The number of nitrogens with one attached hydrogen (secondary N) is 1. The number of benzene rings is 3. The lowest BCUT2D eigenvalue weighted by molar-refractivity contribution is -0.0501. The number of hydrogen-bond donors (Lipinski definition) is 1. The molecule has 0 aliphatic heterocycles. The van der Waals surface area contributed by atoms with Crippen LogP contribution in [0.3, 0.4) is 0 Å². The molecule has 0 fully saturated rings. The highest BCUT2D eigenvalue weighted by molar-refractivity contribution is 5.97. The van der Waals surface area contributed by atoms with Gasteiger partial charge in [0.1, 0.15) is 5.75 Å². The summed E-state index contributed by atoms with van der Waals surface area (Å²) < 4.78 is 29.3. The van der Waals surface area contributed by atoms with Crippen molar-refractivity contribution in [2.75, 3.05) is 6.54 Å². The van der Waals surface area contributed by atoms with Crippen molar-refractivity contribution in [3.05, 3.63) is 77.9 Å². The van der Waals surface area contributed by atoms with Crippen LogP contribution in [0.5, 0.6) is 5.75 Å². The number of halogens is 2. The van der Waals surface area contributed by atoms with Crippen LogP contribution >= 0.6 is 0 Å². The maximum atomic E-state index is 12.4. The van der Waals surface area contributed by atoms with E-state index in [0.717, 1.165) is 16.3 Å². The van der Waals surface area contributed by atoms with Crippen LogP contribution in [0.1, 0.15) is 15.9 Å². The van der Waals surface area contributed by atoms with Gasteiger partial charge in [-0.3, -0.25) is 4.79 Å². The van der Waals surface area contributed by atoms with Gasteiger partial charge in [-0.1, -0.05) is 54.6 Å². The Labute approximate surface area is 144 Å². The normalized spacial score (nSPS) is 10.8. The summed E-state index contributed by atoms with van der Waals surface area (Å²) in [5, 5.41) is 5.04. The predicted molar refractivity (Wildman–Crippen MR) is 93.1 cm³/mol. The molecule has 0 bridgehead atoms. The summed E-state index contributed by atoms with van der Waals surface area (Å²) in [6.45, 7) is -2.57. The lowest BCUT2D eigenvalue weighted by Crippen LogP contribution is -2.26. The van der Waals surface area contributed by atoms with Gasteiger partial charge >= 0.3 is 6.61 Å². The van der Waals surface area contributed by atoms with Gasteiger partial charge in [0.2, 0.25) is 0 Å². The first-order chi connectivity index (χ1) is 12.1. The summed E-state index contributed by atoms with van der Waals surface area (Å²) in [5.41, 5.74) is 1.22. The van der Waals surface area contributed by atoms with Gasteiger partial charge < -0.3 is 10.1 Å². The fraction of sp³-hybridized carbons (Fsp3) is 0.150. The monoisotopic (exact) mass is 341 g/mol. The van der Waals surface area contributed by atoms with Crippen LogP contribution in [0.25, 0.3) is 10.8 Å². The molecule has 5 heteroatoms. The minimum atomic E-state index is -2.97. The van der Waals surface area contributed by atoms with Crippen LogP contribution in [-0.4, -0.2) is 19.1 Å². The number of para-hydroxylation sites is 1. The number of amides is 1. The largest absolute Gasteiger partial charge is 0.434 e. The Kier molecular flexibility index (Phi) is 5.23. The Morgan fingerprint density at radius 1 is 0.960 bits per heavy atom. The van der Waals surface area contributed by atoms with E-state index in [0.29, 0.717) is 13.0 Å². The Hall–Kier alpha value is -2.95. The van der Waals surface area contributed by atoms with E-state index in [2.05, 4.69) is 10.1 Å². The second kappa shape index (κ2) is 7.75. The Morgan fingerprint density at radius 3 is 2.52 bits per heavy atom. The van der Waals surface area contributed by atoms with Crippen LogP contribution < -0.4 is 10.1 Å². The van der Waals surface area contributed by atoms with Crippen molar-refractivity contribution in [2.24, 2.45) is 0 Å². The lowest BCUT2D eigenvalue weighted by atomic mass is 10.0. The third-order valence-corrected chi connectivity index (χ3v) is 3.91. The zero-order valence-corrected chi connectivity index (χ0v) is 13.4. The Morgan fingerprint density at radius 2 is 1.68 bits per heavy atom. The van der Waals surface area contributed by atoms with Gasteiger partial charge in [-0.2, -0.15) is 8.78 Å². The molecule has 0 spiro atoms. The number of fused-ring (bicyclic) bond motifs is 1. The molecule has 0 aromatic heterocycles. The highest BCUT2D eigenvalue weighted by atomic mass is 19.3. The van der Waals surface area contributed by atoms with Crippen molar-refractivity contribution >= 4 is 16.7 Å². The summed E-state index contributed by atoms with van der Waals surface area (Å²) in [6.07, 6.45) is 0.644. The molecule has 1 N–H and O–H groups in total. The third-order valence-electron chi connectivity index (χ3n) is 3.91. The molecule has 3 aromatic carbocycles. The number of carbonyl (C=O) groups is 1. The van der Waals surface area contributed by atoms with E-state index in [1.807, 2.05) is 42.5 Å². The molecule has 0 saturated heterocycles. The first-order valence-corrected chi connectivity index (χ1v) is 7.94. The molecule has 128 valence electrons. The summed E-state index contributed by atoms with van der Waals surface area (Å²) >= 11 is 0. The van der Waals surface area contributed by atoms with Crippen molar-refractivity contribution in [3.8, 4) is 5.75 Å². The van der Waals surface area contributed by atoms with Crippen LogP contribution in [0.15, 0.2) is 66.7 Å². The smallest absolute Gasteiger partial charge is 0.387 e. The Balaban J connectivity index is 1.67. The average Bonchev–Trinajstić information content (AvgIpc) is 2.62. The average molecular weight is 341 g/mol. The third kappa shape index (κ3) is 4.12. The van der Waals surface area contributed by atoms with Crippen molar-refractivity contribution < 1.29 is 18.3 Å². The molecule has 3 rings (SSSR count). The molecule has 0 aliphatic carbocycles. The first-order valence-electron chi connectivity index (χ1n) is 7.94. The van der Waals surface area contributed by atoms with Crippen molar-refractivity contribution in [3.63, 3.8) is 0 Å². The topological polar surface area (TPSA) is 38.3 Å². The summed E-state index contributed by atoms with van der Waals surface area (Å²) in [7, 11) is 0. The molecule has 3 aromatic rings. The first kappa shape index (κ1) is 16.9. The maximum Gasteiger partial charge on any atom is 0.387 e. The SMILES string of the molecule is O=C(NCCc1cccc2ccccc12)c1ccccc1OC(F)F. The maximum absolute atomic E-state index is 12.4. The zero-order chi connectivity index (χ0) is 17.6. The molecule has 0 unspecified atom stereocenters. The number of alkyl halides is 2. The second-order valence-corrected chi connectivity index (χ2v) is 5.52. The van der Waals surface area contributed by atoms with Gasteiger partial charge in [-0.15, -0.1) is 0 Å². The molecule has 3 nitrogen and oxygen atoms in total. The molecule has 0 saturated carbocycles. The van der Waals surface area contributed by atoms with Gasteiger partial charge in [0.05, 0.1) is 5.56 Å². The van der Waals surface area contributed by atoms with E-state index < -0.39 is 12.5 Å². The standard InChI is InChI=1S/C20H17F2NO2/c21-20(22)25-18-11-4-3-10-17(18)19(24)23-13-12-15-8-5-7-14-6-1-2-9-16(14)15/h1-11,20H,12-13H2,(H,23,24). The molecule has 0 heterocycles. The number of hydrogen-bond acceptors (Lipinski definition) is 2. The van der Waals surface area contributed by atoms with Crippen molar-refractivity contribution in [2.45, 2.75) is 13.0 Å². The van der Waals surface area contributed by atoms with E-state index in [1.165, 1.54) is 12.1 Å². The number of carbonyl (C=O) groups excluding carboxylic acids is 1. The van der Waals surface area contributed by atoms with Gasteiger partial charge in [0, 0.05) is 6.54 Å². The fourth-order valence-corrected chi connectivity index (χ4v) is 2.77. The molecular weight excluding hydrogens is 324 g/mol. The van der Waals surface area contributed by atoms with E-state index in [9.17, 15) is 13.6 Å². The predicted octanol–water partition coefficient (Wildman–Crippen LogP) is 4.41. The van der Waals surface area contributed by atoms with Crippen LogP contribution in [-0.2, 0) is 6.42 Å². The molecule has 25 heavy (non-hydrogen) atoms. The number of rotatable bonds is 6. The quantitative estimate of drug-likeness (QED) is 0.721. The lowest BCUT2D eigenvalue weighted by Gasteiger charge is -2.11. The Bertz CT molecular complexity index is 875. The summed E-state index contributed by atoms with van der Waals surface area (Å²) in [4.78, 5) is 12.3.